The normalized spacial score (nSPS) is 17.3. The molecular formula is C24H17FN2O6. The van der Waals surface area contributed by atoms with E-state index < -0.39 is 34.2 Å². The molecule has 1 atom stereocenters. The number of aliphatic hydroxyl groups excluding tert-OH is 1. The van der Waals surface area contributed by atoms with Crippen molar-refractivity contribution in [3.05, 3.63) is 105 Å². The van der Waals surface area contributed by atoms with Gasteiger partial charge in [0.1, 0.15) is 17.3 Å². The number of ketones is 1. The number of amides is 1. The van der Waals surface area contributed by atoms with Crippen molar-refractivity contribution in [3.8, 4) is 5.75 Å². The minimum absolute atomic E-state index is 0.149. The second-order valence-corrected chi connectivity index (χ2v) is 7.22. The summed E-state index contributed by atoms with van der Waals surface area (Å²) in [6.45, 7) is 0. The van der Waals surface area contributed by atoms with Gasteiger partial charge in [-0.1, -0.05) is 0 Å². The van der Waals surface area contributed by atoms with E-state index in [-0.39, 0.29) is 16.8 Å². The van der Waals surface area contributed by atoms with Crippen molar-refractivity contribution in [1.29, 1.82) is 0 Å². The van der Waals surface area contributed by atoms with Gasteiger partial charge in [-0.2, -0.15) is 0 Å². The molecule has 0 saturated carbocycles. The lowest BCUT2D eigenvalue weighted by molar-refractivity contribution is -0.384. The zero-order valence-electron chi connectivity index (χ0n) is 17.3. The number of hydrogen-bond donors (Lipinski definition) is 1. The molecule has 1 heterocycles. The van der Waals surface area contributed by atoms with Crippen LogP contribution in [0.15, 0.2) is 78.4 Å². The van der Waals surface area contributed by atoms with Crippen molar-refractivity contribution in [2.45, 2.75) is 6.04 Å². The lowest BCUT2D eigenvalue weighted by Crippen LogP contribution is -2.29. The highest BCUT2D eigenvalue weighted by atomic mass is 19.1. The molecular weight excluding hydrogens is 431 g/mol. The van der Waals surface area contributed by atoms with Gasteiger partial charge in [0.05, 0.1) is 23.6 Å². The van der Waals surface area contributed by atoms with Crippen molar-refractivity contribution in [2.75, 3.05) is 12.0 Å². The number of nitro groups is 1. The number of methoxy groups -OCH3 is 1. The third-order valence-electron chi connectivity index (χ3n) is 5.33. The highest BCUT2D eigenvalue weighted by Gasteiger charge is 2.47. The van der Waals surface area contributed by atoms with Crippen LogP contribution in [-0.2, 0) is 9.59 Å². The fraction of sp³-hybridized carbons (Fsp3) is 0.0833. The third-order valence-corrected chi connectivity index (χ3v) is 5.33. The summed E-state index contributed by atoms with van der Waals surface area (Å²) in [7, 11) is 1.49. The number of non-ortho nitro benzene ring substituents is 1. The van der Waals surface area contributed by atoms with Crippen molar-refractivity contribution in [2.24, 2.45) is 0 Å². The zero-order chi connectivity index (χ0) is 23.7. The molecule has 0 bridgehead atoms. The topological polar surface area (TPSA) is 110 Å². The first-order valence-electron chi connectivity index (χ1n) is 9.77. The molecule has 8 nitrogen and oxygen atoms in total. The van der Waals surface area contributed by atoms with E-state index in [1.165, 1.54) is 48.4 Å². The molecule has 166 valence electrons. The highest BCUT2D eigenvalue weighted by Crippen LogP contribution is 2.42. The van der Waals surface area contributed by atoms with Gasteiger partial charge in [-0.05, 0) is 66.2 Å². The number of carbonyl (C=O) groups is 2. The van der Waals surface area contributed by atoms with Crippen LogP contribution in [0, 0.1) is 15.9 Å². The number of rotatable bonds is 5. The molecule has 0 spiro atoms. The summed E-state index contributed by atoms with van der Waals surface area (Å²) >= 11 is 0. The van der Waals surface area contributed by atoms with E-state index >= 15 is 0 Å². The number of ether oxygens (including phenoxy) is 1. The first-order chi connectivity index (χ1) is 15.8. The Hall–Kier alpha value is -4.53. The Morgan fingerprint density at radius 3 is 2.15 bits per heavy atom. The number of hydrogen-bond acceptors (Lipinski definition) is 6. The first-order valence-corrected chi connectivity index (χ1v) is 9.77. The van der Waals surface area contributed by atoms with Gasteiger partial charge in [-0.15, -0.1) is 0 Å². The largest absolute Gasteiger partial charge is 0.507 e. The number of nitrogens with zero attached hydrogens (tertiary/aromatic N) is 2. The van der Waals surface area contributed by atoms with Gasteiger partial charge in [-0.25, -0.2) is 4.39 Å². The maximum atomic E-state index is 13.4. The van der Waals surface area contributed by atoms with Gasteiger partial charge in [-0.3, -0.25) is 24.6 Å². The molecule has 9 heteroatoms. The number of aliphatic hydroxyl groups is 1. The second-order valence-electron chi connectivity index (χ2n) is 7.22. The van der Waals surface area contributed by atoms with E-state index in [0.717, 1.165) is 12.1 Å². The van der Waals surface area contributed by atoms with Crippen LogP contribution in [0.2, 0.25) is 0 Å². The minimum atomic E-state index is -1.07. The van der Waals surface area contributed by atoms with Crippen molar-refractivity contribution >= 4 is 28.8 Å². The van der Waals surface area contributed by atoms with E-state index in [1.54, 1.807) is 24.3 Å². The molecule has 1 amide bonds. The molecule has 1 N–H and O–H groups in total. The Bertz CT molecular complexity index is 1270. The third kappa shape index (κ3) is 3.91. The average Bonchev–Trinajstić information content (AvgIpc) is 3.09. The van der Waals surface area contributed by atoms with Crippen LogP contribution in [0.4, 0.5) is 15.8 Å². The first kappa shape index (κ1) is 21.7. The van der Waals surface area contributed by atoms with E-state index in [9.17, 15) is 29.2 Å². The summed E-state index contributed by atoms with van der Waals surface area (Å²) in [6.07, 6.45) is 0. The monoisotopic (exact) mass is 448 g/mol. The summed E-state index contributed by atoms with van der Waals surface area (Å²) < 4.78 is 18.5. The number of halogens is 1. The minimum Gasteiger partial charge on any atom is -0.507 e. The van der Waals surface area contributed by atoms with Gasteiger partial charge < -0.3 is 9.84 Å². The standard InChI is InChI=1S/C24H17FN2O6/c1-33-19-12-10-17(11-13-19)26-21(14-4-8-18(9-5-14)27(31)32)20(23(29)24(26)30)22(28)15-2-6-16(25)7-3-15/h2-13,21,28H,1H3/b22-20-. The number of nitro benzene ring substituents is 1. The molecule has 0 radical (unpaired) electrons. The fourth-order valence-electron chi connectivity index (χ4n) is 3.70. The van der Waals surface area contributed by atoms with Crippen LogP contribution in [0.25, 0.3) is 5.76 Å². The van der Waals surface area contributed by atoms with Crippen LogP contribution in [0.5, 0.6) is 5.75 Å². The summed E-state index contributed by atoms with van der Waals surface area (Å²) in [5, 5.41) is 22.0. The molecule has 1 unspecified atom stereocenters. The fourth-order valence-corrected chi connectivity index (χ4v) is 3.70. The molecule has 1 saturated heterocycles. The highest BCUT2D eigenvalue weighted by molar-refractivity contribution is 6.51. The SMILES string of the molecule is COc1ccc(N2C(=O)C(=O)/C(=C(\O)c3ccc(F)cc3)C2c2ccc([N+](=O)[O-])cc2)cc1. The van der Waals surface area contributed by atoms with Crippen molar-refractivity contribution in [1.82, 2.24) is 0 Å². The van der Waals surface area contributed by atoms with Crippen LogP contribution in [-0.4, -0.2) is 28.8 Å². The summed E-state index contributed by atoms with van der Waals surface area (Å²) in [6, 6.07) is 15.5. The molecule has 33 heavy (non-hydrogen) atoms. The van der Waals surface area contributed by atoms with Gasteiger partial charge in [0.25, 0.3) is 17.4 Å². The molecule has 0 aromatic heterocycles. The van der Waals surface area contributed by atoms with E-state index in [2.05, 4.69) is 0 Å². The Morgan fingerprint density at radius 2 is 1.61 bits per heavy atom. The average molecular weight is 448 g/mol. The Balaban J connectivity index is 1.91. The van der Waals surface area contributed by atoms with Crippen LogP contribution >= 0.6 is 0 Å². The summed E-state index contributed by atoms with van der Waals surface area (Å²) in [5.74, 6) is -2.29. The molecule has 0 aliphatic carbocycles. The van der Waals surface area contributed by atoms with Gasteiger partial charge in [0, 0.05) is 23.4 Å². The Kier molecular flexibility index (Phi) is 5.61. The van der Waals surface area contributed by atoms with Crippen LogP contribution in [0.3, 0.4) is 0 Å². The van der Waals surface area contributed by atoms with E-state index in [0.29, 0.717) is 17.0 Å². The molecule has 4 rings (SSSR count). The number of Topliss-reactive ketones (excluding diaryl/α,β-unsaturated/α-hetero) is 1. The lowest BCUT2D eigenvalue weighted by atomic mass is 9.95. The second kappa shape index (κ2) is 8.54. The number of anilines is 1. The van der Waals surface area contributed by atoms with E-state index in [4.69, 9.17) is 4.74 Å². The predicted molar refractivity (Wildman–Crippen MR) is 117 cm³/mol. The quantitative estimate of drug-likeness (QED) is 0.204. The van der Waals surface area contributed by atoms with Gasteiger partial charge in [0.2, 0.25) is 0 Å². The maximum absolute atomic E-state index is 13.4. The summed E-state index contributed by atoms with van der Waals surface area (Å²) in [4.78, 5) is 37.8. The van der Waals surface area contributed by atoms with Crippen LogP contribution < -0.4 is 9.64 Å². The molecule has 1 aliphatic rings. The van der Waals surface area contributed by atoms with E-state index in [1.807, 2.05) is 0 Å². The predicted octanol–water partition coefficient (Wildman–Crippen LogP) is 4.37. The zero-order valence-corrected chi connectivity index (χ0v) is 17.3. The van der Waals surface area contributed by atoms with Crippen LogP contribution in [0.1, 0.15) is 17.2 Å². The Labute approximate surface area is 187 Å². The molecule has 1 aliphatic heterocycles. The number of benzene rings is 3. The lowest BCUT2D eigenvalue weighted by Gasteiger charge is -2.25. The molecule has 3 aromatic rings. The van der Waals surface area contributed by atoms with Gasteiger partial charge in [0.15, 0.2) is 0 Å². The van der Waals surface area contributed by atoms with Crippen molar-refractivity contribution in [3.63, 3.8) is 0 Å². The molecule has 1 fully saturated rings. The Morgan fingerprint density at radius 1 is 1.00 bits per heavy atom. The smallest absolute Gasteiger partial charge is 0.300 e. The number of carbonyl (C=O) groups excluding carboxylic acids is 2. The maximum Gasteiger partial charge on any atom is 0.300 e. The van der Waals surface area contributed by atoms with Crippen molar-refractivity contribution < 1.29 is 28.7 Å². The summed E-state index contributed by atoms with van der Waals surface area (Å²) in [5.41, 5.74) is 0.504. The molecule has 3 aromatic carbocycles. The van der Waals surface area contributed by atoms with Gasteiger partial charge >= 0.3 is 0 Å².